The van der Waals surface area contributed by atoms with Crippen LogP contribution in [0.25, 0.3) is 0 Å². The van der Waals surface area contributed by atoms with Crippen molar-refractivity contribution in [3.05, 3.63) is 23.7 Å². The van der Waals surface area contributed by atoms with Gasteiger partial charge in [-0.3, -0.25) is 9.59 Å². The molecule has 0 aliphatic heterocycles. The zero-order valence-corrected chi connectivity index (χ0v) is 12.2. The van der Waals surface area contributed by atoms with E-state index in [1.54, 1.807) is 0 Å². The maximum absolute atomic E-state index is 9.98. The van der Waals surface area contributed by atoms with Gasteiger partial charge in [0, 0.05) is 0 Å². The van der Waals surface area contributed by atoms with Gasteiger partial charge in [-0.2, -0.15) is 0 Å². The molecule has 0 fully saturated rings. The predicted molar refractivity (Wildman–Crippen MR) is 49.6 cm³/mol. The molecule has 0 heterocycles. The van der Waals surface area contributed by atoms with Crippen LogP contribution in [-0.4, -0.2) is 11.6 Å². The van der Waals surface area contributed by atoms with Crippen LogP contribution in [0, 0.1) is 0 Å². The van der Waals surface area contributed by atoms with E-state index in [1.807, 2.05) is 0 Å². The van der Waals surface area contributed by atoms with Crippen LogP contribution in [0.4, 0.5) is 0 Å². The standard InChI is InChI=1S/2C5H8O2.O.Zr/c2*1-4(6)3-5(2)7;;/h2*3,6H,1-2H3;;/q;;;+2/p-2/b2*4-3-;;. The van der Waals surface area contributed by atoms with Gasteiger partial charge in [0.25, 0.3) is 0 Å². The molecule has 0 unspecified atom stereocenters. The van der Waals surface area contributed by atoms with Gasteiger partial charge >= 0.3 is 27.5 Å². The molecular formula is C10H14O5Zr. The van der Waals surface area contributed by atoms with Gasteiger partial charge in [0.15, 0.2) is 11.6 Å². The molecule has 6 heteroatoms. The average Bonchev–Trinajstić information content (AvgIpc) is 2.03. The summed E-state index contributed by atoms with van der Waals surface area (Å²) in [5.41, 5.74) is 0. The molecule has 0 radical (unpaired) electrons. The normalized spacial score (nSPS) is 10.4. The molecule has 0 amide bonds. The van der Waals surface area contributed by atoms with E-state index in [0.29, 0.717) is 24.7 Å². The second-order valence-electron chi connectivity index (χ2n) is 2.73. The van der Waals surface area contributed by atoms with Crippen molar-refractivity contribution in [3.63, 3.8) is 0 Å². The average molecular weight is 305 g/mol. The molecule has 0 aromatic carbocycles. The zero-order valence-electron chi connectivity index (χ0n) is 9.70. The topological polar surface area (TPSA) is 97.3 Å². The third-order valence-corrected chi connectivity index (χ3v) is 0.813. The third kappa shape index (κ3) is 38.0. The number of hydrogen-bond acceptors (Lipinski definition) is 5. The molecule has 0 atom stereocenters. The van der Waals surface area contributed by atoms with E-state index in [1.165, 1.54) is 27.7 Å². The molecule has 0 aliphatic rings. The summed E-state index contributed by atoms with van der Waals surface area (Å²) in [6, 6.07) is 0. The van der Waals surface area contributed by atoms with Crippen LogP contribution in [0.1, 0.15) is 27.7 Å². The van der Waals surface area contributed by atoms with Gasteiger partial charge in [-0.25, -0.2) is 0 Å². The summed E-state index contributed by atoms with van der Waals surface area (Å²) in [5.74, 6) is -0.750. The van der Waals surface area contributed by atoms with Crippen molar-refractivity contribution in [1.82, 2.24) is 0 Å². The van der Waals surface area contributed by atoms with E-state index < -0.39 is 0 Å². The Morgan fingerprint density at radius 3 is 1.00 bits per heavy atom. The van der Waals surface area contributed by atoms with Crippen LogP contribution in [-0.2, 0) is 37.1 Å². The fourth-order valence-corrected chi connectivity index (χ4v) is 0.572. The molecular weight excluding hydrogens is 291 g/mol. The molecule has 0 aromatic heterocycles. The van der Waals surface area contributed by atoms with Crippen LogP contribution in [0.5, 0.6) is 0 Å². The number of allylic oxidation sites excluding steroid dienone is 4. The Bertz CT molecular complexity index is 245. The van der Waals surface area contributed by atoms with E-state index in [9.17, 15) is 19.8 Å². The summed E-state index contributed by atoms with van der Waals surface area (Å²) in [6.07, 6.45) is 2.11. The van der Waals surface area contributed by atoms with Crippen molar-refractivity contribution in [3.8, 4) is 0 Å². The second-order valence-corrected chi connectivity index (χ2v) is 2.73. The van der Waals surface area contributed by atoms with Crippen molar-refractivity contribution in [2.45, 2.75) is 27.7 Å². The van der Waals surface area contributed by atoms with Gasteiger partial charge in [0.05, 0.1) is 0 Å². The molecule has 0 N–H and O–H groups in total. The van der Waals surface area contributed by atoms with E-state index in [4.69, 9.17) is 2.81 Å². The Labute approximate surface area is 110 Å². The van der Waals surface area contributed by atoms with Crippen molar-refractivity contribution in [1.29, 1.82) is 0 Å². The zero-order chi connectivity index (χ0) is 13.7. The van der Waals surface area contributed by atoms with Crippen molar-refractivity contribution < 1.29 is 47.3 Å². The number of ketones is 2. The molecule has 88 valence electrons. The number of carbonyl (C=O) groups is 2. The molecule has 16 heavy (non-hydrogen) atoms. The SMILES string of the molecule is CC(=O)/C=C(/C)[O-].CC(=O)/C=C(/C)[O-].[O]=[Zr+2]. The van der Waals surface area contributed by atoms with E-state index >= 15 is 0 Å². The Balaban J connectivity index is -0.000000183. The Kier molecular flexibility index (Phi) is 18.1. The minimum atomic E-state index is -0.187. The fraction of sp³-hybridized carbons (Fsp3) is 0.400. The molecule has 0 rings (SSSR count). The summed E-state index contributed by atoms with van der Waals surface area (Å²) < 4.78 is 8.34. The van der Waals surface area contributed by atoms with Crippen molar-refractivity contribution >= 4 is 11.6 Å². The van der Waals surface area contributed by atoms with Crippen molar-refractivity contribution in [2.24, 2.45) is 0 Å². The van der Waals surface area contributed by atoms with Gasteiger partial charge in [-0.15, -0.1) is 11.5 Å². The number of hydrogen-bond donors (Lipinski definition) is 0. The van der Waals surface area contributed by atoms with Crippen LogP contribution in [0.15, 0.2) is 23.7 Å². The molecule has 0 spiro atoms. The summed E-state index contributed by atoms with van der Waals surface area (Å²) in [4.78, 5) is 20.0. The third-order valence-electron chi connectivity index (χ3n) is 0.813. The molecule has 5 nitrogen and oxygen atoms in total. The Morgan fingerprint density at radius 2 is 1.00 bits per heavy atom. The quantitative estimate of drug-likeness (QED) is 0.509. The first kappa shape index (κ1) is 20.5. The van der Waals surface area contributed by atoms with Crippen LogP contribution in [0.2, 0.25) is 0 Å². The Hall–Kier alpha value is -0.897. The molecule has 0 aliphatic carbocycles. The summed E-state index contributed by atoms with van der Waals surface area (Å²) in [5, 5.41) is 20.0. The van der Waals surface area contributed by atoms with Gasteiger partial charge in [0.1, 0.15) is 0 Å². The van der Waals surface area contributed by atoms with Gasteiger partial charge in [-0.1, -0.05) is 13.8 Å². The van der Waals surface area contributed by atoms with Crippen molar-refractivity contribution in [2.75, 3.05) is 0 Å². The maximum atomic E-state index is 9.98. The van der Waals surface area contributed by atoms with E-state index in [2.05, 4.69) is 0 Å². The summed E-state index contributed by atoms with van der Waals surface area (Å²) >= 11 is 0.300. The minimum absolute atomic E-state index is 0.187. The first-order valence-corrected chi connectivity index (χ1v) is 5.18. The van der Waals surface area contributed by atoms with Gasteiger partial charge in [0.2, 0.25) is 0 Å². The van der Waals surface area contributed by atoms with E-state index in [0.717, 1.165) is 12.2 Å². The summed E-state index contributed by atoms with van der Waals surface area (Å²) in [6.45, 7) is 5.39. The Morgan fingerprint density at radius 1 is 0.812 bits per heavy atom. The summed E-state index contributed by atoms with van der Waals surface area (Å²) in [7, 11) is 0. The van der Waals surface area contributed by atoms with E-state index in [-0.39, 0.29) is 23.1 Å². The van der Waals surface area contributed by atoms with Crippen LogP contribution in [0.3, 0.4) is 0 Å². The monoisotopic (exact) mass is 304 g/mol. The van der Waals surface area contributed by atoms with Gasteiger partial charge in [-0.05, 0) is 26.0 Å². The fourth-order valence-electron chi connectivity index (χ4n) is 0.572. The number of carbonyl (C=O) groups excluding carboxylic acids is 2. The first-order valence-electron chi connectivity index (χ1n) is 4.18. The molecule has 0 bridgehead atoms. The molecule has 0 saturated heterocycles. The van der Waals surface area contributed by atoms with Crippen LogP contribution < -0.4 is 10.2 Å². The molecule has 0 saturated carbocycles. The van der Waals surface area contributed by atoms with Gasteiger partial charge < -0.3 is 10.2 Å². The first-order chi connectivity index (χ1) is 7.25. The number of rotatable bonds is 2. The molecule has 0 aromatic rings. The predicted octanol–water partition coefficient (Wildman–Crippen LogP) is -0.442. The van der Waals surface area contributed by atoms with Crippen LogP contribution >= 0.6 is 0 Å². The second kappa shape index (κ2) is 14.1.